The molecule has 0 amide bonds. The van der Waals surface area contributed by atoms with E-state index in [0.717, 1.165) is 34.5 Å². The van der Waals surface area contributed by atoms with Crippen LogP contribution < -0.4 is 11.2 Å². The molecule has 2 heterocycles. The molecule has 0 fully saturated rings. The number of hydrogen-bond donors (Lipinski definition) is 4. The van der Waals surface area contributed by atoms with Crippen molar-refractivity contribution in [3.05, 3.63) is 59.5 Å². The van der Waals surface area contributed by atoms with E-state index in [4.69, 9.17) is 49.7 Å². The van der Waals surface area contributed by atoms with Gasteiger partial charge in [-0.1, -0.05) is 23.2 Å². The van der Waals surface area contributed by atoms with Crippen molar-refractivity contribution < 1.29 is 10.3 Å². The number of pyridine rings is 1. The van der Waals surface area contributed by atoms with Gasteiger partial charge in [0.1, 0.15) is 0 Å². The van der Waals surface area contributed by atoms with Gasteiger partial charge in [0.05, 0.1) is 20.1 Å². The van der Waals surface area contributed by atoms with Gasteiger partial charge in [0.2, 0.25) is 5.96 Å². The summed E-state index contributed by atoms with van der Waals surface area (Å²) in [6.07, 6.45) is 3.27. The molecule has 0 aliphatic heterocycles. The lowest BCUT2D eigenvalue weighted by Crippen LogP contribution is -2.29. The molecule has 5 N–H and O–H groups in total. The largest absolute Gasteiger partial charge is 0.369 e. The number of aromatic nitrogens is 1. The minimum absolute atomic E-state index is 0.153. The molecule has 9 nitrogen and oxygen atoms in total. The average molecular weight is 431 g/mol. The van der Waals surface area contributed by atoms with Crippen LogP contribution in [0.5, 0.6) is 0 Å². The second-order valence-corrected chi connectivity index (χ2v) is 7.94. The Bertz CT molecular complexity index is 898. The molecule has 1 aliphatic carbocycles. The van der Waals surface area contributed by atoms with Gasteiger partial charge in [0, 0.05) is 11.8 Å². The van der Waals surface area contributed by atoms with Gasteiger partial charge in [-0.05, 0) is 48.9 Å². The molecule has 0 radical (unpaired) electrons. The molecule has 1 atom stereocenters. The number of guanidine groups is 1. The van der Waals surface area contributed by atoms with Crippen molar-refractivity contribution in [3.8, 4) is 0 Å². The minimum Gasteiger partial charge on any atom is -0.369 e. The molecule has 0 saturated heterocycles. The Kier molecular flexibility index (Phi) is 6.94. The maximum atomic E-state index is 8.36. The van der Waals surface area contributed by atoms with E-state index in [1.54, 1.807) is 6.20 Å². The van der Waals surface area contributed by atoms with E-state index in [-0.39, 0.29) is 11.9 Å². The van der Waals surface area contributed by atoms with Gasteiger partial charge >= 0.3 is 0 Å². The van der Waals surface area contributed by atoms with Crippen molar-refractivity contribution in [1.29, 1.82) is 5.41 Å². The molecule has 27 heavy (non-hydrogen) atoms. The van der Waals surface area contributed by atoms with E-state index in [2.05, 4.69) is 15.5 Å². The number of nitrogens with two attached hydrogens (primary N) is 1. The predicted molar refractivity (Wildman–Crippen MR) is 105 cm³/mol. The van der Waals surface area contributed by atoms with E-state index < -0.39 is 5.09 Å². The van der Waals surface area contributed by atoms with Crippen molar-refractivity contribution in [1.82, 2.24) is 10.4 Å². The highest BCUT2D eigenvalue weighted by Crippen LogP contribution is 2.41. The summed E-state index contributed by atoms with van der Waals surface area (Å²) in [7, 11) is 0. The lowest BCUT2D eigenvalue weighted by molar-refractivity contribution is -0.742. The van der Waals surface area contributed by atoms with Crippen LogP contribution in [0.2, 0.25) is 8.67 Å². The van der Waals surface area contributed by atoms with E-state index in [0.29, 0.717) is 15.1 Å². The molecule has 2 aromatic heterocycles. The number of thiophene rings is 1. The van der Waals surface area contributed by atoms with Crippen molar-refractivity contribution in [2.45, 2.75) is 25.7 Å². The summed E-state index contributed by atoms with van der Waals surface area (Å²) in [5.41, 5.74) is 12.8. The molecule has 0 aromatic carbocycles. The first-order valence-corrected chi connectivity index (χ1v) is 9.15. The molecule has 0 saturated carbocycles. The van der Waals surface area contributed by atoms with Crippen LogP contribution in [0.25, 0.3) is 0 Å². The fourth-order valence-corrected chi connectivity index (χ4v) is 4.51. The third-order valence-corrected chi connectivity index (χ3v) is 5.36. The third kappa shape index (κ3) is 5.52. The number of aryl methyl sites for hydroxylation is 1. The molecule has 0 bridgehead atoms. The van der Waals surface area contributed by atoms with Crippen LogP contribution in [0.15, 0.2) is 23.4 Å². The van der Waals surface area contributed by atoms with Gasteiger partial charge in [-0.25, -0.2) is 5.43 Å². The molecule has 2 aromatic rings. The smallest absolute Gasteiger partial charge is 0.291 e. The van der Waals surface area contributed by atoms with Crippen LogP contribution in [0.3, 0.4) is 0 Å². The Balaban J connectivity index is 0.000000596. The Labute approximate surface area is 168 Å². The number of hydrogen-bond acceptors (Lipinski definition) is 6. The highest BCUT2D eigenvalue weighted by atomic mass is 35.5. The first-order chi connectivity index (χ1) is 12.7. The van der Waals surface area contributed by atoms with Crippen molar-refractivity contribution in [2.75, 3.05) is 0 Å². The predicted octanol–water partition coefficient (Wildman–Crippen LogP) is 3.33. The number of hydrazone groups is 1. The molecular weight excluding hydrogens is 415 g/mol. The Morgan fingerprint density at radius 2 is 2.22 bits per heavy atom. The van der Waals surface area contributed by atoms with Gasteiger partial charge in [0.15, 0.2) is 0 Å². The maximum absolute atomic E-state index is 8.36. The number of nitrogens with zero attached hydrogens (tertiary/aromatic N) is 3. The Morgan fingerprint density at radius 1 is 1.56 bits per heavy atom. The fourth-order valence-electron chi connectivity index (χ4n) is 2.88. The molecule has 0 spiro atoms. The average Bonchev–Trinajstić information content (AvgIpc) is 2.90. The summed E-state index contributed by atoms with van der Waals surface area (Å²) in [6.45, 7) is 2.03. The van der Waals surface area contributed by atoms with Gasteiger partial charge in [-0.3, -0.25) is 10.4 Å². The van der Waals surface area contributed by atoms with Crippen LogP contribution in [-0.4, -0.2) is 26.9 Å². The quantitative estimate of drug-likeness (QED) is 0.248. The zero-order valence-electron chi connectivity index (χ0n) is 14.1. The highest BCUT2D eigenvalue weighted by molar-refractivity contribution is 7.20. The SMILES string of the molecule is Cc1ccnc2c1/C(=N\NC(=N)N)CC(c1cc(Cl)sc1Cl)C2.O=[N+]([O-])O. The highest BCUT2D eigenvalue weighted by Gasteiger charge is 2.29. The number of rotatable bonds is 2. The Morgan fingerprint density at radius 3 is 2.78 bits per heavy atom. The Hall–Kier alpha value is -2.43. The normalized spacial score (nSPS) is 16.9. The summed E-state index contributed by atoms with van der Waals surface area (Å²) in [6, 6.07) is 3.87. The molecular formula is C15H16Cl2N6O3S. The van der Waals surface area contributed by atoms with Crippen molar-refractivity contribution >= 4 is 46.2 Å². The first kappa shape index (κ1) is 20.9. The van der Waals surface area contributed by atoms with Crippen LogP contribution in [-0.2, 0) is 6.42 Å². The molecule has 12 heteroatoms. The fraction of sp³-hybridized carbons (Fsp3) is 0.267. The summed E-state index contributed by atoms with van der Waals surface area (Å²) < 4.78 is 1.38. The van der Waals surface area contributed by atoms with Gasteiger partial charge in [-0.15, -0.1) is 21.5 Å². The maximum Gasteiger partial charge on any atom is 0.291 e. The summed E-state index contributed by atoms with van der Waals surface area (Å²) in [4.78, 5) is 12.9. The first-order valence-electron chi connectivity index (χ1n) is 7.58. The zero-order chi connectivity index (χ0) is 20.1. The second-order valence-electron chi connectivity index (χ2n) is 5.66. The van der Waals surface area contributed by atoms with E-state index in [1.165, 1.54) is 11.3 Å². The monoisotopic (exact) mass is 430 g/mol. The van der Waals surface area contributed by atoms with Crippen molar-refractivity contribution in [3.63, 3.8) is 0 Å². The van der Waals surface area contributed by atoms with Gasteiger partial charge < -0.3 is 10.9 Å². The van der Waals surface area contributed by atoms with E-state index in [1.807, 2.05) is 19.1 Å². The molecule has 1 aliphatic rings. The minimum atomic E-state index is -1.50. The van der Waals surface area contributed by atoms with Crippen molar-refractivity contribution in [2.24, 2.45) is 10.8 Å². The van der Waals surface area contributed by atoms with Crippen LogP contribution in [0, 0.1) is 22.4 Å². The third-order valence-electron chi connectivity index (χ3n) is 3.84. The summed E-state index contributed by atoms with van der Waals surface area (Å²) >= 11 is 13.8. The number of nitrogens with one attached hydrogen (secondary N) is 2. The zero-order valence-corrected chi connectivity index (χ0v) is 16.4. The van der Waals surface area contributed by atoms with Crippen LogP contribution in [0.1, 0.15) is 34.7 Å². The number of halogens is 2. The molecule has 144 valence electrons. The number of fused-ring (bicyclic) bond motifs is 1. The molecule has 1 unspecified atom stereocenters. The van der Waals surface area contributed by atoms with Gasteiger partial charge in [-0.2, -0.15) is 5.10 Å². The van der Waals surface area contributed by atoms with E-state index >= 15 is 0 Å². The lowest BCUT2D eigenvalue weighted by Gasteiger charge is -2.26. The summed E-state index contributed by atoms with van der Waals surface area (Å²) in [5.74, 6) is -0.0418. The van der Waals surface area contributed by atoms with Crippen LogP contribution >= 0.6 is 34.5 Å². The molecule has 3 rings (SSSR count). The van der Waals surface area contributed by atoms with E-state index in [9.17, 15) is 0 Å². The summed E-state index contributed by atoms with van der Waals surface area (Å²) in [5, 5.41) is 25.2. The lowest BCUT2D eigenvalue weighted by atomic mass is 9.81. The second kappa shape index (κ2) is 8.98. The van der Waals surface area contributed by atoms with Crippen LogP contribution in [0.4, 0.5) is 0 Å². The topological polar surface area (TPSA) is 151 Å². The standard InChI is InChI=1S/C15H15Cl2N5S.HNO3/c1-7-2-3-20-10-4-8(9-6-12(16)23-14(9)17)5-11(13(7)10)21-22-15(18)19;2-1(3)4/h2-3,6,8H,4-5H2,1H3,(H4,18,19,22);(H,2,3,4)/b21-11-;. The van der Waals surface area contributed by atoms with Gasteiger partial charge in [0.25, 0.3) is 5.09 Å².